The first kappa shape index (κ1) is 22.2. The fourth-order valence-corrected chi connectivity index (χ4v) is 4.43. The lowest BCUT2D eigenvalue weighted by Crippen LogP contribution is -2.41. The molecule has 0 aromatic heterocycles. The third-order valence-corrected chi connectivity index (χ3v) is 6.40. The number of carbonyl (C=O) groups is 1. The number of nitrogens with one attached hydrogen (secondary N) is 1. The Balaban J connectivity index is 2.12. The number of rotatable bonds is 9. The van der Waals surface area contributed by atoms with E-state index in [2.05, 4.69) is 5.32 Å². The van der Waals surface area contributed by atoms with Crippen molar-refractivity contribution in [3.05, 3.63) is 59.1 Å². The van der Waals surface area contributed by atoms with Gasteiger partial charge in [0.05, 0.1) is 29.1 Å². The number of carbonyl (C=O) groups excluding carboxylic acids is 1. The molecule has 1 atom stereocenters. The molecule has 0 saturated carbocycles. The Bertz CT molecular complexity index is 904. The first-order chi connectivity index (χ1) is 13.3. The van der Waals surface area contributed by atoms with Crippen LogP contribution in [0.5, 0.6) is 5.75 Å². The molecular formula is C20H25ClN2O4S. The zero-order chi connectivity index (χ0) is 20.7. The lowest BCUT2D eigenvalue weighted by Gasteiger charge is -2.22. The minimum Gasteiger partial charge on any atom is -0.492 e. The first-order valence-corrected chi connectivity index (χ1v) is 10.9. The van der Waals surface area contributed by atoms with E-state index in [9.17, 15) is 13.2 Å². The highest BCUT2D eigenvalue weighted by Crippen LogP contribution is 2.28. The third-order valence-electron chi connectivity index (χ3n) is 4.19. The molecule has 0 bridgehead atoms. The van der Waals surface area contributed by atoms with Crippen LogP contribution in [0.15, 0.2) is 53.4 Å². The van der Waals surface area contributed by atoms with E-state index in [-0.39, 0.29) is 35.0 Å². The molecule has 8 heteroatoms. The molecule has 0 saturated heterocycles. The van der Waals surface area contributed by atoms with Gasteiger partial charge in [0.15, 0.2) is 0 Å². The molecule has 2 aromatic carbocycles. The highest BCUT2D eigenvalue weighted by Gasteiger charge is 2.26. The molecule has 0 aliphatic rings. The molecule has 0 spiro atoms. The highest BCUT2D eigenvalue weighted by atomic mass is 35.5. The van der Waals surface area contributed by atoms with Gasteiger partial charge in [-0.2, -0.15) is 4.31 Å². The summed E-state index contributed by atoms with van der Waals surface area (Å²) in [5.74, 6) is 0.0411. The summed E-state index contributed by atoms with van der Waals surface area (Å²) in [6.45, 7) is 5.65. The molecule has 0 fully saturated rings. The maximum atomic E-state index is 12.9. The van der Waals surface area contributed by atoms with E-state index < -0.39 is 10.0 Å². The number of sulfonamides is 1. The minimum atomic E-state index is -3.87. The van der Waals surface area contributed by atoms with E-state index in [4.69, 9.17) is 16.3 Å². The predicted octanol–water partition coefficient (Wildman–Crippen LogP) is 3.63. The maximum absolute atomic E-state index is 12.9. The summed E-state index contributed by atoms with van der Waals surface area (Å²) in [5.41, 5.74) is 0.944. The Hall–Kier alpha value is -2.09. The number of ether oxygens (including phenoxy) is 1. The van der Waals surface area contributed by atoms with Crippen molar-refractivity contribution in [2.24, 2.45) is 0 Å². The molecule has 0 aliphatic heterocycles. The molecule has 0 unspecified atom stereocenters. The Labute approximate surface area is 171 Å². The van der Waals surface area contributed by atoms with Crippen molar-refractivity contribution in [1.82, 2.24) is 9.62 Å². The second-order valence-corrected chi connectivity index (χ2v) is 8.50. The zero-order valence-electron chi connectivity index (χ0n) is 16.2. The van der Waals surface area contributed by atoms with Gasteiger partial charge in [-0.1, -0.05) is 48.9 Å². The van der Waals surface area contributed by atoms with Crippen LogP contribution in [0.25, 0.3) is 0 Å². The van der Waals surface area contributed by atoms with Crippen LogP contribution in [0.3, 0.4) is 0 Å². The van der Waals surface area contributed by atoms with Crippen molar-refractivity contribution in [2.75, 3.05) is 19.7 Å². The summed E-state index contributed by atoms with van der Waals surface area (Å²) >= 11 is 6.12. The smallest absolute Gasteiger partial charge is 0.243 e. The Morgan fingerprint density at radius 2 is 1.86 bits per heavy atom. The van der Waals surface area contributed by atoms with Crippen LogP contribution in [0.1, 0.15) is 32.4 Å². The van der Waals surface area contributed by atoms with E-state index >= 15 is 0 Å². The van der Waals surface area contributed by atoms with Crippen molar-refractivity contribution in [1.29, 1.82) is 0 Å². The number of hydrogen-bond acceptors (Lipinski definition) is 4. The van der Waals surface area contributed by atoms with Crippen molar-refractivity contribution in [3.63, 3.8) is 0 Å². The standard InChI is InChI=1S/C20H25ClN2O4S/c1-4-23(14-20(24)22-15(3)16-9-7-6-8-10-16)28(25,26)17-11-12-19(27-5-2)18(21)13-17/h6-13,15H,4-5,14H2,1-3H3,(H,22,24)/t15-/m0/s1. The SMILES string of the molecule is CCOc1ccc(S(=O)(=O)N(CC)CC(=O)N[C@@H](C)c2ccccc2)cc1Cl. The summed E-state index contributed by atoms with van der Waals surface area (Å²) in [4.78, 5) is 12.4. The van der Waals surface area contributed by atoms with Crippen molar-refractivity contribution in [3.8, 4) is 5.75 Å². The van der Waals surface area contributed by atoms with Crippen LogP contribution in [0.2, 0.25) is 5.02 Å². The number of benzene rings is 2. The van der Waals surface area contributed by atoms with Gasteiger partial charge in [-0.05, 0) is 37.6 Å². The van der Waals surface area contributed by atoms with E-state index in [1.165, 1.54) is 18.2 Å². The van der Waals surface area contributed by atoms with E-state index in [1.54, 1.807) is 6.92 Å². The average Bonchev–Trinajstić information content (AvgIpc) is 2.68. The number of halogens is 1. The van der Waals surface area contributed by atoms with Gasteiger partial charge in [0.25, 0.3) is 0 Å². The molecule has 1 amide bonds. The summed E-state index contributed by atoms with van der Waals surface area (Å²) in [5, 5.41) is 3.04. The average molecular weight is 425 g/mol. The van der Waals surface area contributed by atoms with E-state index in [0.29, 0.717) is 12.4 Å². The van der Waals surface area contributed by atoms with Crippen LogP contribution < -0.4 is 10.1 Å². The fourth-order valence-electron chi connectivity index (χ4n) is 2.70. The van der Waals surface area contributed by atoms with E-state index in [1.807, 2.05) is 44.2 Å². The highest BCUT2D eigenvalue weighted by molar-refractivity contribution is 7.89. The molecule has 0 aliphatic carbocycles. The van der Waals surface area contributed by atoms with Gasteiger partial charge < -0.3 is 10.1 Å². The second kappa shape index (κ2) is 9.91. The molecule has 0 radical (unpaired) electrons. The lowest BCUT2D eigenvalue weighted by molar-refractivity contribution is -0.121. The predicted molar refractivity (Wildman–Crippen MR) is 110 cm³/mol. The topological polar surface area (TPSA) is 75.7 Å². The summed E-state index contributed by atoms with van der Waals surface area (Å²) < 4.78 is 32.3. The number of amides is 1. The third kappa shape index (κ3) is 5.47. The van der Waals surface area contributed by atoms with Gasteiger partial charge >= 0.3 is 0 Å². The van der Waals surface area contributed by atoms with E-state index in [0.717, 1.165) is 9.87 Å². The van der Waals surface area contributed by atoms with Gasteiger partial charge in [-0.3, -0.25) is 4.79 Å². The summed E-state index contributed by atoms with van der Waals surface area (Å²) in [6.07, 6.45) is 0. The summed E-state index contributed by atoms with van der Waals surface area (Å²) in [7, 11) is -3.87. The molecule has 1 N–H and O–H groups in total. The molecule has 6 nitrogen and oxygen atoms in total. The fraction of sp³-hybridized carbons (Fsp3) is 0.350. The van der Waals surface area contributed by atoms with Crippen LogP contribution in [0.4, 0.5) is 0 Å². The Kier molecular flexibility index (Phi) is 7.86. The van der Waals surface area contributed by atoms with Gasteiger partial charge in [0, 0.05) is 6.54 Å². The van der Waals surface area contributed by atoms with Crippen molar-refractivity contribution in [2.45, 2.75) is 31.7 Å². The van der Waals surface area contributed by atoms with Crippen LogP contribution in [-0.4, -0.2) is 38.3 Å². The zero-order valence-corrected chi connectivity index (χ0v) is 17.8. The molecule has 28 heavy (non-hydrogen) atoms. The molecular weight excluding hydrogens is 400 g/mol. The van der Waals surface area contributed by atoms with Gasteiger partial charge in [0.2, 0.25) is 15.9 Å². The normalized spacial score (nSPS) is 12.6. The second-order valence-electron chi connectivity index (χ2n) is 6.16. The number of hydrogen-bond donors (Lipinski definition) is 1. The lowest BCUT2D eigenvalue weighted by atomic mass is 10.1. The van der Waals surface area contributed by atoms with Crippen LogP contribution >= 0.6 is 11.6 Å². The summed E-state index contributed by atoms with van der Waals surface area (Å²) in [6, 6.07) is 13.5. The molecule has 2 rings (SSSR count). The Morgan fingerprint density at radius 3 is 2.43 bits per heavy atom. The number of likely N-dealkylation sites (N-methyl/N-ethyl adjacent to an activating group) is 1. The number of nitrogens with zero attached hydrogens (tertiary/aromatic N) is 1. The first-order valence-electron chi connectivity index (χ1n) is 9.06. The molecule has 152 valence electrons. The van der Waals surface area contributed by atoms with Crippen molar-refractivity contribution < 1.29 is 17.9 Å². The van der Waals surface area contributed by atoms with Crippen LogP contribution in [-0.2, 0) is 14.8 Å². The van der Waals surface area contributed by atoms with Crippen molar-refractivity contribution >= 4 is 27.5 Å². The Morgan fingerprint density at radius 1 is 1.18 bits per heavy atom. The minimum absolute atomic E-state index is 0.0201. The molecule has 0 heterocycles. The molecule has 2 aromatic rings. The van der Waals surface area contributed by atoms with Gasteiger partial charge in [0.1, 0.15) is 5.75 Å². The van der Waals surface area contributed by atoms with Gasteiger partial charge in [-0.15, -0.1) is 0 Å². The largest absolute Gasteiger partial charge is 0.492 e. The van der Waals surface area contributed by atoms with Crippen LogP contribution in [0, 0.1) is 0 Å². The quantitative estimate of drug-likeness (QED) is 0.667. The van der Waals surface area contributed by atoms with Gasteiger partial charge in [-0.25, -0.2) is 8.42 Å². The maximum Gasteiger partial charge on any atom is 0.243 e. The monoisotopic (exact) mass is 424 g/mol.